The van der Waals surface area contributed by atoms with Gasteiger partial charge in [-0.2, -0.15) is 0 Å². The highest BCUT2D eigenvalue weighted by Gasteiger charge is 2.27. The molecule has 9 nitrogen and oxygen atoms in total. The highest BCUT2D eigenvalue weighted by atomic mass is 16.5. The summed E-state index contributed by atoms with van der Waals surface area (Å²) in [5.74, 6) is -0.0716. The SMILES string of the molecule is O=C1CCCN(C(=O)C2CCOC2)CCCNC(=O)c2ncccc2OCCN1. The molecule has 29 heavy (non-hydrogen) atoms. The highest BCUT2D eigenvalue weighted by Crippen LogP contribution is 2.17. The lowest BCUT2D eigenvalue weighted by molar-refractivity contribution is -0.136. The van der Waals surface area contributed by atoms with E-state index in [1.54, 1.807) is 17.0 Å². The molecule has 0 aromatic carbocycles. The molecule has 3 amide bonds. The van der Waals surface area contributed by atoms with Gasteiger partial charge in [0.15, 0.2) is 11.4 Å². The molecule has 0 radical (unpaired) electrons. The molecule has 9 heteroatoms. The van der Waals surface area contributed by atoms with Gasteiger partial charge in [-0.1, -0.05) is 0 Å². The number of hydrogen-bond donors (Lipinski definition) is 2. The molecule has 2 aliphatic heterocycles. The van der Waals surface area contributed by atoms with Crippen LogP contribution in [-0.2, 0) is 14.3 Å². The third-order valence-electron chi connectivity index (χ3n) is 4.98. The lowest BCUT2D eigenvalue weighted by Gasteiger charge is -2.25. The molecule has 3 rings (SSSR count). The molecular formula is C20H28N4O5. The van der Waals surface area contributed by atoms with Gasteiger partial charge in [0, 0.05) is 38.9 Å². The predicted octanol–water partition coefficient (Wildman–Crippen LogP) is 0.355. The number of carbonyl (C=O) groups excluding carboxylic acids is 3. The van der Waals surface area contributed by atoms with E-state index in [1.165, 1.54) is 6.20 Å². The second-order valence-electron chi connectivity index (χ2n) is 7.15. The Balaban J connectivity index is 1.65. The molecule has 158 valence electrons. The quantitative estimate of drug-likeness (QED) is 0.699. The lowest BCUT2D eigenvalue weighted by Crippen LogP contribution is -2.40. The van der Waals surface area contributed by atoms with E-state index in [-0.39, 0.29) is 35.9 Å². The van der Waals surface area contributed by atoms with Crippen molar-refractivity contribution in [2.24, 2.45) is 5.92 Å². The Labute approximate surface area is 170 Å². The monoisotopic (exact) mass is 404 g/mol. The van der Waals surface area contributed by atoms with Crippen LogP contribution >= 0.6 is 0 Å². The van der Waals surface area contributed by atoms with Crippen LogP contribution in [0.4, 0.5) is 0 Å². The maximum absolute atomic E-state index is 12.8. The van der Waals surface area contributed by atoms with Gasteiger partial charge in [0.25, 0.3) is 5.91 Å². The first-order chi connectivity index (χ1) is 14.1. The summed E-state index contributed by atoms with van der Waals surface area (Å²) in [6, 6.07) is 3.37. The summed E-state index contributed by atoms with van der Waals surface area (Å²) in [5.41, 5.74) is 0.210. The number of nitrogens with one attached hydrogen (secondary N) is 2. The molecule has 1 atom stereocenters. The smallest absolute Gasteiger partial charge is 0.273 e. The van der Waals surface area contributed by atoms with Crippen molar-refractivity contribution in [1.29, 1.82) is 0 Å². The molecule has 2 aliphatic rings. The van der Waals surface area contributed by atoms with E-state index in [0.717, 1.165) is 6.42 Å². The zero-order valence-electron chi connectivity index (χ0n) is 16.5. The summed E-state index contributed by atoms with van der Waals surface area (Å²) < 4.78 is 10.9. The van der Waals surface area contributed by atoms with E-state index >= 15 is 0 Å². The Hall–Kier alpha value is -2.68. The first-order valence-electron chi connectivity index (χ1n) is 10.1. The van der Waals surface area contributed by atoms with Crippen LogP contribution in [0, 0.1) is 5.92 Å². The fourth-order valence-electron chi connectivity index (χ4n) is 3.42. The normalized spacial score (nSPS) is 22.2. The van der Waals surface area contributed by atoms with E-state index in [1.807, 2.05) is 0 Å². The van der Waals surface area contributed by atoms with Gasteiger partial charge in [-0.15, -0.1) is 0 Å². The Morgan fingerprint density at radius 1 is 1.14 bits per heavy atom. The van der Waals surface area contributed by atoms with Gasteiger partial charge in [0.05, 0.1) is 19.1 Å². The van der Waals surface area contributed by atoms with Crippen LogP contribution < -0.4 is 15.4 Å². The molecule has 1 fully saturated rings. The number of aromatic nitrogens is 1. The van der Waals surface area contributed by atoms with Crippen LogP contribution in [0.15, 0.2) is 18.3 Å². The number of hydrogen-bond acceptors (Lipinski definition) is 6. The average molecular weight is 404 g/mol. The molecule has 0 aliphatic carbocycles. The predicted molar refractivity (Wildman–Crippen MR) is 104 cm³/mol. The zero-order valence-corrected chi connectivity index (χ0v) is 16.5. The molecular weight excluding hydrogens is 376 g/mol. The second-order valence-corrected chi connectivity index (χ2v) is 7.15. The fraction of sp³-hybridized carbons (Fsp3) is 0.600. The van der Waals surface area contributed by atoms with Crippen LogP contribution in [-0.4, -0.2) is 73.6 Å². The van der Waals surface area contributed by atoms with Gasteiger partial charge in [0.1, 0.15) is 6.61 Å². The molecule has 1 aromatic heterocycles. The van der Waals surface area contributed by atoms with Crippen molar-refractivity contribution in [2.45, 2.75) is 25.7 Å². The summed E-state index contributed by atoms with van der Waals surface area (Å²) in [4.78, 5) is 43.2. The largest absolute Gasteiger partial charge is 0.489 e. The minimum Gasteiger partial charge on any atom is -0.489 e. The van der Waals surface area contributed by atoms with Crippen LogP contribution in [0.5, 0.6) is 5.75 Å². The van der Waals surface area contributed by atoms with E-state index < -0.39 is 0 Å². The van der Waals surface area contributed by atoms with Gasteiger partial charge in [-0.25, -0.2) is 4.98 Å². The minimum atomic E-state index is -0.321. The standard InChI is InChI=1S/C20H28N4O5/c25-17-5-2-10-24(20(27)15-6-12-28-14-15)11-3-8-23-19(26)18-16(4-1-7-22-18)29-13-9-21-17/h1,4,7,15H,2-3,5-6,8-14H2,(H,21,25)(H,23,26). The molecule has 1 aromatic rings. The van der Waals surface area contributed by atoms with E-state index in [4.69, 9.17) is 9.47 Å². The van der Waals surface area contributed by atoms with Gasteiger partial charge in [-0.3, -0.25) is 14.4 Å². The van der Waals surface area contributed by atoms with Gasteiger partial charge in [-0.05, 0) is 31.4 Å². The number of ether oxygens (including phenoxy) is 2. The number of fused-ring (bicyclic) bond motifs is 1. The molecule has 2 N–H and O–H groups in total. The molecule has 0 spiro atoms. The third-order valence-corrected chi connectivity index (χ3v) is 4.98. The van der Waals surface area contributed by atoms with Gasteiger partial charge in [0.2, 0.25) is 11.8 Å². The zero-order chi connectivity index (χ0) is 20.5. The third kappa shape index (κ3) is 6.15. The minimum absolute atomic E-state index is 0.0655. The van der Waals surface area contributed by atoms with Crippen molar-refractivity contribution in [3.05, 3.63) is 24.0 Å². The summed E-state index contributed by atoms with van der Waals surface area (Å²) in [6.07, 6.45) is 3.81. The van der Waals surface area contributed by atoms with Crippen LogP contribution in [0.25, 0.3) is 0 Å². The summed E-state index contributed by atoms with van der Waals surface area (Å²) >= 11 is 0. The Kier molecular flexibility index (Phi) is 7.80. The number of amides is 3. The van der Waals surface area contributed by atoms with E-state index in [9.17, 15) is 14.4 Å². The van der Waals surface area contributed by atoms with Gasteiger partial charge < -0.3 is 25.0 Å². The Morgan fingerprint density at radius 2 is 2.00 bits per heavy atom. The van der Waals surface area contributed by atoms with Crippen LogP contribution in [0.1, 0.15) is 36.2 Å². The average Bonchev–Trinajstić information content (AvgIpc) is 3.27. The molecule has 1 saturated heterocycles. The highest BCUT2D eigenvalue weighted by molar-refractivity contribution is 5.94. The van der Waals surface area contributed by atoms with Crippen molar-refractivity contribution in [3.8, 4) is 5.75 Å². The molecule has 1 unspecified atom stereocenters. The lowest BCUT2D eigenvalue weighted by atomic mass is 10.1. The van der Waals surface area contributed by atoms with Crippen molar-refractivity contribution >= 4 is 17.7 Å². The topological polar surface area (TPSA) is 110 Å². The van der Waals surface area contributed by atoms with Crippen LogP contribution in [0.3, 0.4) is 0 Å². The second kappa shape index (κ2) is 10.8. The Bertz CT molecular complexity index is 721. The molecule has 0 bridgehead atoms. The number of carbonyl (C=O) groups is 3. The maximum atomic E-state index is 12.8. The van der Waals surface area contributed by atoms with Crippen molar-refractivity contribution in [3.63, 3.8) is 0 Å². The van der Waals surface area contributed by atoms with Crippen molar-refractivity contribution < 1.29 is 23.9 Å². The Morgan fingerprint density at radius 3 is 2.83 bits per heavy atom. The number of pyridine rings is 1. The first kappa shape index (κ1) is 21.0. The fourth-order valence-corrected chi connectivity index (χ4v) is 3.42. The molecule has 3 heterocycles. The summed E-state index contributed by atoms with van der Waals surface area (Å²) in [6.45, 7) is 3.08. The number of nitrogens with zero attached hydrogens (tertiary/aromatic N) is 2. The van der Waals surface area contributed by atoms with Crippen molar-refractivity contribution in [1.82, 2.24) is 20.5 Å². The van der Waals surface area contributed by atoms with Crippen LogP contribution in [0.2, 0.25) is 0 Å². The van der Waals surface area contributed by atoms with Gasteiger partial charge >= 0.3 is 0 Å². The first-order valence-corrected chi connectivity index (χ1v) is 10.1. The van der Waals surface area contributed by atoms with E-state index in [0.29, 0.717) is 64.4 Å². The van der Waals surface area contributed by atoms with Crippen molar-refractivity contribution in [2.75, 3.05) is 46.0 Å². The van der Waals surface area contributed by atoms with E-state index in [2.05, 4.69) is 15.6 Å². The maximum Gasteiger partial charge on any atom is 0.273 e. The number of rotatable bonds is 1. The summed E-state index contributed by atoms with van der Waals surface area (Å²) in [7, 11) is 0. The summed E-state index contributed by atoms with van der Waals surface area (Å²) in [5, 5.41) is 5.64. The molecule has 0 saturated carbocycles.